The van der Waals surface area contributed by atoms with Crippen LogP contribution in [0.5, 0.6) is 0 Å². The van der Waals surface area contributed by atoms with E-state index in [1.165, 1.54) is 77.0 Å². The third-order valence-electron chi connectivity index (χ3n) is 5.45. The number of carbonyl (C=O) groups is 1. The van der Waals surface area contributed by atoms with Gasteiger partial charge >= 0.3 is 5.97 Å². The van der Waals surface area contributed by atoms with Crippen molar-refractivity contribution in [2.24, 2.45) is 0 Å². The van der Waals surface area contributed by atoms with E-state index in [2.05, 4.69) is 6.92 Å². The van der Waals surface area contributed by atoms with Gasteiger partial charge in [-0.15, -0.1) is 11.6 Å². The third-order valence-corrected chi connectivity index (χ3v) is 6.01. The van der Waals surface area contributed by atoms with Gasteiger partial charge in [-0.2, -0.15) is 0 Å². The summed E-state index contributed by atoms with van der Waals surface area (Å²) in [5.41, 5.74) is 0.689. The van der Waals surface area contributed by atoms with Crippen molar-refractivity contribution in [1.82, 2.24) is 0 Å². The molecule has 0 amide bonds. The summed E-state index contributed by atoms with van der Waals surface area (Å²) in [6.45, 7) is 2.27. The molecule has 3 heteroatoms. The molecule has 0 saturated carbocycles. The molecule has 27 heavy (non-hydrogen) atoms. The second-order valence-corrected chi connectivity index (χ2v) is 8.46. The number of benzene rings is 1. The van der Waals surface area contributed by atoms with E-state index in [4.69, 9.17) is 11.6 Å². The van der Waals surface area contributed by atoms with Crippen LogP contribution in [-0.2, 0) is 9.67 Å². The van der Waals surface area contributed by atoms with Crippen LogP contribution in [0.3, 0.4) is 0 Å². The van der Waals surface area contributed by atoms with Crippen LogP contribution in [-0.4, -0.2) is 11.1 Å². The van der Waals surface area contributed by atoms with Crippen molar-refractivity contribution >= 4 is 17.6 Å². The van der Waals surface area contributed by atoms with Crippen molar-refractivity contribution in [3.63, 3.8) is 0 Å². The first-order valence-electron chi connectivity index (χ1n) is 11.1. The monoisotopic (exact) mass is 394 g/mol. The van der Waals surface area contributed by atoms with Gasteiger partial charge in [0.25, 0.3) is 0 Å². The van der Waals surface area contributed by atoms with E-state index in [1.807, 2.05) is 30.3 Å². The van der Waals surface area contributed by atoms with Crippen molar-refractivity contribution in [2.45, 2.75) is 108 Å². The first-order chi connectivity index (χ1) is 13.1. The molecule has 1 unspecified atom stereocenters. The van der Waals surface area contributed by atoms with Crippen molar-refractivity contribution in [2.75, 3.05) is 0 Å². The van der Waals surface area contributed by atoms with Crippen LogP contribution in [0.4, 0.5) is 0 Å². The minimum atomic E-state index is -1.28. The smallest absolute Gasteiger partial charge is 0.329 e. The van der Waals surface area contributed by atoms with Gasteiger partial charge in [-0.05, 0) is 12.0 Å². The van der Waals surface area contributed by atoms with Gasteiger partial charge in [0.05, 0.1) is 0 Å². The molecular weight excluding hydrogens is 356 g/mol. The summed E-state index contributed by atoms with van der Waals surface area (Å²) in [6, 6.07) is 9.20. The Bertz CT molecular complexity index is 488. The number of rotatable bonds is 17. The molecule has 0 radical (unpaired) electrons. The first-order valence-corrected chi connectivity index (χ1v) is 11.5. The SMILES string of the molecule is CCCCCCCCCCCCCCCCC(Cl)(C(=O)O)c1ccccc1. The molecule has 154 valence electrons. The molecule has 1 N–H and O–H groups in total. The number of alkyl halides is 1. The standard InChI is InChI=1S/C24H39ClO2/c1-2-3-4-5-6-7-8-9-10-11-12-13-14-18-21-24(25,23(26)27)22-19-16-15-17-20-22/h15-17,19-20H,2-14,18,21H2,1H3,(H,26,27). The van der Waals surface area contributed by atoms with Crippen LogP contribution in [0.2, 0.25) is 0 Å². The number of carboxylic acids is 1. The van der Waals surface area contributed by atoms with Crippen molar-refractivity contribution < 1.29 is 9.90 Å². The Morgan fingerprint density at radius 3 is 1.59 bits per heavy atom. The number of hydrogen-bond donors (Lipinski definition) is 1. The fourth-order valence-electron chi connectivity index (χ4n) is 3.64. The molecule has 2 nitrogen and oxygen atoms in total. The van der Waals surface area contributed by atoms with Crippen LogP contribution in [0.15, 0.2) is 30.3 Å². The highest BCUT2D eigenvalue weighted by Gasteiger charge is 2.37. The highest BCUT2D eigenvalue weighted by Crippen LogP contribution is 2.35. The lowest BCUT2D eigenvalue weighted by atomic mass is 9.92. The average molecular weight is 395 g/mol. The Hall–Kier alpha value is -1.02. The Morgan fingerprint density at radius 2 is 1.19 bits per heavy atom. The van der Waals surface area contributed by atoms with E-state index in [0.717, 1.165) is 12.8 Å². The summed E-state index contributed by atoms with van der Waals surface area (Å²) in [7, 11) is 0. The highest BCUT2D eigenvalue weighted by atomic mass is 35.5. The molecule has 0 aliphatic heterocycles. The second kappa shape index (κ2) is 15.0. The molecule has 0 saturated heterocycles. The number of unbranched alkanes of at least 4 members (excludes halogenated alkanes) is 13. The second-order valence-electron chi connectivity index (χ2n) is 7.82. The van der Waals surface area contributed by atoms with Crippen molar-refractivity contribution in [1.29, 1.82) is 0 Å². The van der Waals surface area contributed by atoms with E-state index >= 15 is 0 Å². The molecular formula is C24H39ClO2. The van der Waals surface area contributed by atoms with Crippen LogP contribution < -0.4 is 0 Å². The Labute approximate surface area is 171 Å². The summed E-state index contributed by atoms with van der Waals surface area (Å²) in [5, 5.41) is 9.56. The van der Waals surface area contributed by atoms with Gasteiger partial charge in [0.2, 0.25) is 0 Å². The normalized spacial score (nSPS) is 13.4. The fourth-order valence-corrected chi connectivity index (χ4v) is 3.90. The molecule has 0 heterocycles. The molecule has 0 bridgehead atoms. The van der Waals surface area contributed by atoms with E-state index in [9.17, 15) is 9.90 Å². The van der Waals surface area contributed by atoms with E-state index in [-0.39, 0.29) is 0 Å². The Morgan fingerprint density at radius 1 is 0.778 bits per heavy atom. The fraction of sp³-hybridized carbons (Fsp3) is 0.708. The molecule has 0 aliphatic rings. The molecule has 1 rings (SSSR count). The minimum absolute atomic E-state index is 0.492. The number of halogens is 1. The maximum absolute atomic E-state index is 11.7. The highest BCUT2D eigenvalue weighted by molar-refractivity contribution is 6.33. The zero-order valence-electron chi connectivity index (χ0n) is 17.2. The van der Waals surface area contributed by atoms with Gasteiger partial charge in [-0.25, -0.2) is 4.79 Å². The van der Waals surface area contributed by atoms with Crippen molar-refractivity contribution in [3.8, 4) is 0 Å². The number of hydrogen-bond acceptors (Lipinski definition) is 1. The molecule has 0 aromatic heterocycles. The molecule has 0 fully saturated rings. The molecule has 1 aromatic carbocycles. The van der Waals surface area contributed by atoms with Gasteiger partial charge in [0, 0.05) is 0 Å². The molecule has 1 atom stereocenters. The lowest BCUT2D eigenvalue weighted by molar-refractivity contribution is -0.140. The van der Waals surface area contributed by atoms with Crippen LogP contribution >= 0.6 is 11.6 Å². The quantitative estimate of drug-likeness (QED) is 0.214. The zero-order valence-corrected chi connectivity index (χ0v) is 18.0. The topological polar surface area (TPSA) is 37.3 Å². The van der Waals surface area contributed by atoms with Crippen LogP contribution in [0.1, 0.15) is 109 Å². The predicted molar refractivity (Wildman–Crippen MR) is 117 cm³/mol. The lowest BCUT2D eigenvalue weighted by Gasteiger charge is -2.22. The summed E-state index contributed by atoms with van der Waals surface area (Å²) in [4.78, 5) is 10.4. The maximum atomic E-state index is 11.7. The minimum Gasteiger partial charge on any atom is -0.480 e. The van der Waals surface area contributed by atoms with E-state index in [1.54, 1.807) is 0 Å². The average Bonchev–Trinajstić information content (AvgIpc) is 2.68. The predicted octanol–water partition coefficient (Wildman–Crippen LogP) is 8.08. The Kier molecular flexibility index (Phi) is 13.3. The molecule has 0 aliphatic carbocycles. The summed E-state index contributed by atoms with van der Waals surface area (Å²) in [6.07, 6.45) is 18.6. The van der Waals surface area contributed by atoms with E-state index < -0.39 is 10.8 Å². The zero-order chi connectivity index (χ0) is 19.8. The third kappa shape index (κ3) is 10.2. The van der Waals surface area contributed by atoms with Gasteiger partial charge in [0.1, 0.15) is 0 Å². The van der Waals surface area contributed by atoms with Crippen molar-refractivity contribution in [3.05, 3.63) is 35.9 Å². The van der Waals surface area contributed by atoms with Crippen LogP contribution in [0, 0.1) is 0 Å². The van der Waals surface area contributed by atoms with Crippen LogP contribution in [0.25, 0.3) is 0 Å². The largest absolute Gasteiger partial charge is 0.480 e. The maximum Gasteiger partial charge on any atom is 0.329 e. The van der Waals surface area contributed by atoms with Gasteiger partial charge < -0.3 is 5.11 Å². The molecule has 0 spiro atoms. The first kappa shape index (κ1) is 24.0. The lowest BCUT2D eigenvalue weighted by Crippen LogP contribution is -2.29. The number of aliphatic carboxylic acids is 1. The van der Waals surface area contributed by atoms with Gasteiger partial charge in [0.15, 0.2) is 4.87 Å². The summed E-state index contributed by atoms with van der Waals surface area (Å²) < 4.78 is 0. The van der Waals surface area contributed by atoms with E-state index in [0.29, 0.717) is 12.0 Å². The Balaban J connectivity index is 2.02. The van der Waals surface area contributed by atoms with Gasteiger partial charge in [-0.3, -0.25) is 0 Å². The molecule has 1 aromatic rings. The number of carboxylic acid groups (broad SMARTS) is 1. The summed E-state index contributed by atoms with van der Waals surface area (Å²) in [5.74, 6) is -0.940. The summed E-state index contributed by atoms with van der Waals surface area (Å²) >= 11 is 6.45. The van der Waals surface area contributed by atoms with Gasteiger partial charge in [-0.1, -0.05) is 127 Å².